The second kappa shape index (κ2) is 10.2. The van der Waals surface area contributed by atoms with Gasteiger partial charge in [0.1, 0.15) is 18.1 Å². The number of amides is 1. The lowest BCUT2D eigenvalue weighted by atomic mass is 9.95. The van der Waals surface area contributed by atoms with E-state index in [1.165, 1.54) is 0 Å². The second-order valence-electron chi connectivity index (χ2n) is 8.18. The Morgan fingerprint density at radius 2 is 1.85 bits per heavy atom. The standard InChI is InChI=1S/C27H27N3O4/c1-3-17-34-22-11-9-20(10-12-22)24-23(25(31)21-7-5-19(2)6-8-21)26(32)27(33)30(24)15-4-14-29-16-13-28-18-29/h3,5-13,16,18,24,31H,1,4,14-15,17H2,2H3/b25-23-. The Morgan fingerprint density at radius 1 is 1.12 bits per heavy atom. The molecule has 1 aliphatic rings. The van der Waals surface area contributed by atoms with Crippen LogP contribution >= 0.6 is 0 Å². The number of Topliss-reactive ketones (excluding diaryl/α,β-unsaturated/α-hetero) is 1. The molecule has 0 spiro atoms. The number of nitrogens with zero attached hydrogens (tertiary/aromatic N) is 3. The molecule has 2 heterocycles. The molecule has 0 saturated carbocycles. The van der Waals surface area contributed by atoms with Crippen molar-refractivity contribution in [3.63, 3.8) is 0 Å². The van der Waals surface area contributed by atoms with Crippen molar-refractivity contribution in [3.8, 4) is 5.75 Å². The Morgan fingerprint density at radius 3 is 2.50 bits per heavy atom. The zero-order valence-corrected chi connectivity index (χ0v) is 19.1. The first-order valence-electron chi connectivity index (χ1n) is 11.1. The number of hydrogen-bond acceptors (Lipinski definition) is 5. The summed E-state index contributed by atoms with van der Waals surface area (Å²) in [6.45, 7) is 6.97. The van der Waals surface area contributed by atoms with E-state index in [0.717, 1.165) is 11.1 Å². The lowest BCUT2D eigenvalue weighted by Gasteiger charge is -2.25. The van der Waals surface area contributed by atoms with Crippen LogP contribution in [0.2, 0.25) is 0 Å². The van der Waals surface area contributed by atoms with E-state index >= 15 is 0 Å². The van der Waals surface area contributed by atoms with E-state index < -0.39 is 17.7 Å². The Hall–Kier alpha value is -4.13. The predicted octanol–water partition coefficient (Wildman–Crippen LogP) is 4.27. The van der Waals surface area contributed by atoms with Crippen LogP contribution in [0.15, 0.2) is 85.5 Å². The smallest absolute Gasteiger partial charge is 0.295 e. The molecule has 1 atom stereocenters. The van der Waals surface area contributed by atoms with Gasteiger partial charge in [-0.3, -0.25) is 9.59 Å². The second-order valence-corrected chi connectivity index (χ2v) is 8.18. The van der Waals surface area contributed by atoms with Crippen molar-refractivity contribution in [1.29, 1.82) is 0 Å². The molecule has 174 valence electrons. The normalized spacial score (nSPS) is 17.2. The number of rotatable bonds is 9. The van der Waals surface area contributed by atoms with Gasteiger partial charge in [0.2, 0.25) is 0 Å². The molecular formula is C27H27N3O4. The highest BCUT2D eigenvalue weighted by Crippen LogP contribution is 2.40. The van der Waals surface area contributed by atoms with Gasteiger partial charge in [-0.05, 0) is 31.0 Å². The van der Waals surface area contributed by atoms with E-state index in [4.69, 9.17) is 4.74 Å². The number of aryl methyl sites for hydroxylation is 2. The van der Waals surface area contributed by atoms with Crippen LogP contribution < -0.4 is 4.74 Å². The summed E-state index contributed by atoms with van der Waals surface area (Å²) in [6, 6.07) is 13.7. The van der Waals surface area contributed by atoms with Crippen molar-refractivity contribution in [2.45, 2.75) is 25.9 Å². The van der Waals surface area contributed by atoms with Gasteiger partial charge in [0.25, 0.3) is 11.7 Å². The maximum absolute atomic E-state index is 13.1. The summed E-state index contributed by atoms with van der Waals surface area (Å²) in [5.41, 5.74) is 2.35. The number of likely N-dealkylation sites (tertiary alicyclic amines) is 1. The van der Waals surface area contributed by atoms with Gasteiger partial charge in [0, 0.05) is 31.0 Å². The summed E-state index contributed by atoms with van der Waals surface area (Å²) in [6.07, 6.45) is 7.55. The lowest BCUT2D eigenvalue weighted by Crippen LogP contribution is -2.31. The topological polar surface area (TPSA) is 84.7 Å². The highest BCUT2D eigenvalue weighted by Gasteiger charge is 2.45. The van der Waals surface area contributed by atoms with Gasteiger partial charge >= 0.3 is 0 Å². The van der Waals surface area contributed by atoms with Gasteiger partial charge in [-0.25, -0.2) is 4.98 Å². The number of ether oxygens (including phenoxy) is 1. The molecule has 0 bridgehead atoms. The predicted molar refractivity (Wildman–Crippen MR) is 129 cm³/mol. The number of aliphatic hydroxyl groups is 1. The molecule has 1 aliphatic heterocycles. The van der Waals surface area contributed by atoms with Crippen LogP contribution in [0.3, 0.4) is 0 Å². The minimum atomic E-state index is -0.697. The summed E-state index contributed by atoms with van der Waals surface area (Å²) < 4.78 is 7.49. The van der Waals surface area contributed by atoms with E-state index in [0.29, 0.717) is 37.4 Å². The largest absolute Gasteiger partial charge is 0.507 e. The minimum absolute atomic E-state index is 0.0937. The van der Waals surface area contributed by atoms with Gasteiger partial charge in [0.15, 0.2) is 0 Å². The third kappa shape index (κ3) is 4.78. The SMILES string of the molecule is C=CCOc1ccc(C2/C(=C(/O)c3ccc(C)cc3)C(=O)C(=O)N2CCCn2ccnc2)cc1. The molecule has 1 saturated heterocycles. The van der Waals surface area contributed by atoms with Gasteiger partial charge in [-0.1, -0.05) is 54.6 Å². The summed E-state index contributed by atoms with van der Waals surface area (Å²) in [5, 5.41) is 11.1. The monoisotopic (exact) mass is 457 g/mol. The van der Waals surface area contributed by atoms with Gasteiger partial charge in [0.05, 0.1) is 17.9 Å². The van der Waals surface area contributed by atoms with Crippen LogP contribution in [0.25, 0.3) is 5.76 Å². The van der Waals surface area contributed by atoms with Gasteiger partial charge < -0.3 is 19.3 Å². The van der Waals surface area contributed by atoms with Gasteiger partial charge in [-0.2, -0.15) is 0 Å². The number of carbonyl (C=O) groups is 2. The lowest BCUT2D eigenvalue weighted by molar-refractivity contribution is -0.139. The number of benzene rings is 2. The molecule has 7 heteroatoms. The van der Waals surface area contributed by atoms with Crippen molar-refractivity contribution in [1.82, 2.24) is 14.5 Å². The number of carbonyl (C=O) groups excluding carboxylic acids is 2. The summed E-state index contributed by atoms with van der Waals surface area (Å²) >= 11 is 0. The van der Waals surface area contributed by atoms with Crippen molar-refractivity contribution in [2.24, 2.45) is 0 Å². The van der Waals surface area contributed by atoms with Crippen molar-refractivity contribution < 1.29 is 19.4 Å². The fraction of sp³-hybridized carbons (Fsp3) is 0.222. The molecule has 7 nitrogen and oxygen atoms in total. The fourth-order valence-electron chi connectivity index (χ4n) is 4.07. The molecule has 1 fully saturated rings. The summed E-state index contributed by atoms with van der Waals surface area (Å²) in [4.78, 5) is 31.8. The van der Waals surface area contributed by atoms with E-state index in [-0.39, 0.29) is 11.3 Å². The van der Waals surface area contributed by atoms with Crippen LogP contribution in [-0.4, -0.2) is 44.4 Å². The number of aromatic nitrogens is 2. The molecule has 3 aromatic rings. The molecule has 1 N–H and O–H groups in total. The molecule has 1 aromatic heterocycles. The molecule has 0 aliphatic carbocycles. The van der Waals surface area contributed by atoms with E-state index in [2.05, 4.69) is 11.6 Å². The first kappa shape index (κ1) is 23.0. The Bertz CT molecular complexity index is 1200. The number of aliphatic hydroxyl groups excluding tert-OH is 1. The van der Waals surface area contributed by atoms with Gasteiger partial charge in [-0.15, -0.1) is 0 Å². The molecule has 4 rings (SSSR count). The molecular weight excluding hydrogens is 430 g/mol. The van der Waals surface area contributed by atoms with Crippen LogP contribution in [0.1, 0.15) is 29.2 Å². The zero-order valence-electron chi connectivity index (χ0n) is 19.1. The highest BCUT2D eigenvalue weighted by molar-refractivity contribution is 6.46. The van der Waals surface area contributed by atoms with Crippen LogP contribution in [0.4, 0.5) is 0 Å². The maximum atomic E-state index is 13.1. The van der Waals surface area contributed by atoms with Crippen molar-refractivity contribution >= 4 is 17.4 Å². The van der Waals surface area contributed by atoms with E-state index in [9.17, 15) is 14.7 Å². The highest BCUT2D eigenvalue weighted by atomic mass is 16.5. The summed E-state index contributed by atoms with van der Waals surface area (Å²) in [5.74, 6) is -0.819. The van der Waals surface area contributed by atoms with E-state index in [1.54, 1.807) is 47.8 Å². The Kier molecular flexibility index (Phi) is 6.92. The average Bonchev–Trinajstić information content (AvgIpc) is 3.45. The quantitative estimate of drug-likeness (QED) is 0.225. The average molecular weight is 458 g/mol. The maximum Gasteiger partial charge on any atom is 0.295 e. The van der Waals surface area contributed by atoms with Crippen molar-refractivity contribution in [3.05, 3.63) is 102 Å². The molecule has 2 aromatic carbocycles. The molecule has 1 amide bonds. The third-order valence-corrected chi connectivity index (χ3v) is 5.80. The third-order valence-electron chi connectivity index (χ3n) is 5.80. The Labute approximate surface area is 198 Å². The van der Waals surface area contributed by atoms with Crippen molar-refractivity contribution in [2.75, 3.05) is 13.2 Å². The first-order valence-corrected chi connectivity index (χ1v) is 11.1. The Balaban J connectivity index is 1.70. The molecule has 1 unspecified atom stereocenters. The molecule has 34 heavy (non-hydrogen) atoms. The number of imidazole rings is 1. The molecule has 0 radical (unpaired) electrons. The van der Waals surface area contributed by atoms with Crippen LogP contribution in [0.5, 0.6) is 5.75 Å². The van der Waals surface area contributed by atoms with Crippen LogP contribution in [0, 0.1) is 6.92 Å². The van der Waals surface area contributed by atoms with E-state index in [1.807, 2.05) is 42.0 Å². The first-order chi connectivity index (χ1) is 16.5. The number of hydrogen-bond donors (Lipinski definition) is 1. The van der Waals surface area contributed by atoms with Crippen LogP contribution in [-0.2, 0) is 16.1 Å². The fourth-order valence-corrected chi connectivity index (χ4v) is 4.07. The number of ketones is 1. The summed E-state index contributed by atoms with van der Waals surface area (Å²) in [7, 11) is 0. The minimum Gasteiger partial charge on any atom is -0.507 e. The zero-order chi connectivity index (χ0) is 24.1.